The zero-order valence-corrected chi connectivity index (χ0v) is 14.4. The minimum Gasteiger partial charge on any atom is -0.392 e. The maximum Gasteiger partial charge on any atom is 0.137 e. The van der Waals surface area contributed by atoms with Crippen molar-refractivity contribution in [3.63, 3.8) is 0 Å². The van der Waals surface area contributed by atoms with Gasteiger partial charge in [-0.05, 0) is 54.8 Å². The summed E-state index contributed by atoms with van der Waals surface area (Å²) in [5.41, 5.74) is -0.797. The number of rotatable bonds is 1. The summed E-state index contributed by atoms with van der Waals surface area (Å²) >= 11 is 0. The summed E-state index contributed by atoms with van der Waals surface area (Å²) in [5.74, 6) is 0.990. The Labute approximate surface area is 133 Å². The molecule has 0 aromatic heterocycles. The van der Waals surface area contributed by atoms with Crippen molar-refractivity contribution < 1.29 is 14.7 Å². The lowest BCUT2D eigenvalue weighted by atomic mass is 9.45. The molecule has 124 valence electrons. The van der Waals surface area contributed by atoms with E-state index in [1.807, 2.05) is 6.92 Å². The predicted octanol–water partition coefficient (Wildman–Crippen LogP) is 3.38. The van der Waals surface area contributed by atoms with Crippen LogP contribution in [0.3, 0.4) is 0 Å². The van der Waals surface area contributed by atoms with Gasteiger partial charge in [-0.1, -0.05) is 27.7 Å². The molecule has 0 aliphatic heterocycles. The largest absolute Gasteiger partial charge is 0.392 e. The molecule has 0 radical (unpaired) electrons. The molecule has 2 bridgehead atoms. The van der Waals surface area contributed by atoms with Crippen LogP contribution in [-0.2, 0) is 9.59 Å². The zero-order chi connectivity index (χ0) is 16.3. The summed E-state index contributed by atoms with van der Waals surface area (Å²) in [7, 11) is 0. The highest BCUT2D eigenvalue weighted by molar-refractivity contribution is 5.85. The third-order valence-corrected chi connectivity index (χ3v) is 8.09. The molecule has 3 nitrogen and oxygen atoms in total. The van der Waals surface area contributed by atoms with Gasteiger partial charge in [0.1, 0.15) is 12.1 Å². The second kappa shape index (κ2) is 4.90. The molecular formula is C19H30O3. The zero-order valence-electron chi connectivity index (χ0n) is 14.4. The van der Waals surface area contributed by atoms with Crippen LogP contribution in [0.4, 0.5) is 0 Å². The number of aliphatic hydroxyl groups excluding tert-OH is 1. The van der Waals surface area contributed by atoms with Gasteiger partial charge in [-0.25, -0.2) is 0 Å². The van der Waals surface area contributed by atoms with Gasteiger partial charge in [0.25, 0.3) is 0 Å². The van der Waals surface area contributed by atoms with Crippen molar-refractivity contribution >= 4 is 12.1 Å². The van der Waals surface area contributed by atoms with Gasteiger partial charge in [-0.15, -0.1) is 0 Å². The lowest BCUT2D eigenvalue weighted by Crippen LogP contribution is -2.58. The van der Waals surface area contributed by atoms with E-state index in [0.717, 1.165) is 32.0 Å². The van der Waals surface area contributed by atoms with E-state index in [2.05, 4.69) is 20.8 Å². The Bertz CT molecular complexity index is 501. The Morgan fingerprint density at radius 1 is 1.14 bits per heavy atom. The normalized spacial score (nSPS) is 55.2. The second-order valence-corrected chi connectivity index (χ2v) is 8.94. The third-order valence-electron chi connectivity index (χ3n) is 8.09. The first-order chi connectivity index (χ1) is 10.2. The molecule has 0 aromatic rings. The van der Waals surface area contributed by atoms with Crippen molar-refractivity contribution in [2.75, 3.05) is 0 Å². The molecule has 1 N–H and O–H groups in total. The summed E-state index contributed by atoms with van der Waals surface area (Å²) in [6, 6.07) is 0. The maximum absolute atomic E-state index is 12.8. The Balaban J connectivity index is 2.15. The minimum atomic E-state index is -0.679. The van der Waals surface area contributed by atoms with Gasteiger partial charge in [0.05, 0.1) is 6.10 Å². The average molecular weight is 306 g/mol. The van der Waals surface area contributed by atoms with Crippen molar-refractivity contribution in [2.24, 2.45) is 34.0 Å². The van der Waals surface area contributed by atoms with E-state index in [4.69, 9.17) is 0 Å². The summed E-state index contributed by atoms with van der Waals surface area (Å²) < 4.78 is 0. The van der Waals surface area contributed by atoms with E-state index in [-0.39, 0.29) is 22.7 Å². The number of ketones is 1. The second-order valence-electron chi connectivity index (χ2n) is 8.94. The van der Waals surface area contributed by atoms with Crippen LogP contribution in [0.25, 0.3) is 0 Å². The van der Waals surface area contributed by atoms with Crippen molar-refractivity contribution in [2.45, 2.75) is 72.3 Å². The minimum absolute atomic E-state index is 0.00581. The van der Waals surface area contributed by atoms with Crippen LogP contribution >= 0.6 is 0 Å². The number of carbonyl (C=O) groups is 2. The number of hydrogen-bond donors (Lipinski definition) is 1. The van der Waals surface area contributed by atoms with Crippen molar-refractivity contribution in [1.82, 2.24) is 0 Å². The first kappa shape index (κ1) is 16.2. The molecule has 3 heteroatoms. The topological polar surface area (TPSA) is 54.4 Å². The van der Waals surface area contributed by atoms with Gasteiger partial charge in [-0.2, -0.15) is 0 Å². The lowest BCUT2D eigenvalue weighted by Gasteiger charge is -2.59. The first-order valence-corrected chi connectivity index (χ1v) is 8.88. The Morgan fingerprint density at radius 2 is 1.82 bits per heavy atom. The van der Waals surface area contributed by atoms with E-state index in [1.165, 1.54) is 0 Å². The van der Waals surface area contributed by atoms with E-state index >= 15 is 0 Å². The fraction of sp³-hybridized carbons (Fsp3) is 0.895. The highest BCUT2D eigenvalue weighted by atomic mass is 16.3. The molecule has 3 aliphatic rings. The smallest absolute Gasteiger partial charge is 0.137 e. The lowest BCUT2D eigenvalue weighted by molar-refractivity contribution is -0.165. The first-order valence-electron chi connectivity index (χ1n) is 8.88. The number of carbonyl (C=O) groups excluding carboxylic acids is 2. The number of aldehydes is 1. The molecule has 0 unspecified atom stereocenters. The van der Waals surface area contributed by atoms with Crippen LogP contribution in [0, 0.1) is 34.0 Å². The highest BCUT2D eigenvalue weighted by Gasteiger charge is 2.65. The van der Waals surface area contributed by atoms with E-state index < -0.39 is 11.5 Å². The van der Waals surface area contributed by atoms with Crippen molar-refractivity contribution in [1.29, 1.82) is 0 Å². The number of Topliss-reactive ketones (excluding diaryl/α,β-unsaturated/α-hetero) is 1. The van der Waals surface area contributed by atoms with Crippen LogP contribution < -0.4 is 0 Å². The molecule has 7 atom stereocenters. The molecule has 0 amide bonds. The average Bonchev–Trinajstić information content (AvgIpc) is 2.86. The summed E-state index contributed by atoms with van der Waals surface area (Å²) in [6.45, 7) is 8.53. The van der Waals surface area contributed by atoms with Gasteiger partial charge in [0.2, 0.25) is 0 Å². The quantitative estimate of drug-likeness (QED) is 0.756. The summed E-state index contributed by atoms with van der Waals surface area (Å²) in [5, 5.41) is 10.9. The van der Waals surface area contributed by atoms with Gasteiger partial charge < -0.3 is 9.90 Å². The highest BCUT2D eigenvalue weighted by Crippen LogP contribution is 2.67. The Morgan fingerprint density at radius 3 is 2.45 bits per heavy atom. The molecular weight excluding hydrogens is 276 g/mol. The molecule has 3 saturated carbocycles. The summed E-state index contributed by atoms with van der Waals surface area (Å²) in [6.07, 6.45) is 5.58. The predicted molar refractivity (Wildman–Crippen MR) is 85.2 cm³/mol. The fourth-order valence-corrected chi connectivity index (χ4v) is 6.17. The Kier molecular flexibility index (Phi) is 3.60. The van der Waals surface area contributed by atoms with E-state index in [0.29, 0.717) is 24.5 Å². The van der Waals surface area contributed by atoms with Crippen LogP contribution in [0.2, 0.25) is 0 Å². The molecule has 0 aromatic carbocycles. The molecule has 3 fully saturated rings. The van der Waals surface area contributed by atoms with Crippen molar-refractivity contribution in [3.8, 4) is 0 Å². The molecule has 0 spiro atoms. The van der Waals surface area contributed by atoms with E-state index in [1.54, 1.807) is 0 Å². The summed E-state index contributed by atoms with van der Waals surface area (Å²) in [4.78, 5) is 24.5. The third kappa shape index (κ3) is 1.84. The van der Waals surface area contributed by atoms with Gasteiger partial charge in [0, 0.05) is 17.8 Å². The van der Waals surface area contributed by atoms with Crippen molar-refractivity contribution in [3.05, 3.63) is 0 Å². The Hall–Kier alpha value is -0.700. The monoisotopic (exact) mass is 306 g/mol. The molecule has 0 saturated heterocycles. The molecule has 3 rings (SSSR count). The van der Waals surface area contributed by atoms with Crippen LogP contribution in [-0.4, -0.2) is 23.3 Å². The maximum atomic E-state index is 12.8. The van der Waals surface area contributed by atoms with Gasteiger partial charge in [0.15, 0.2) is 0 Å². The van der Waals surface area contributed by atoms with Crippen LogP contribution in [0.5, 0.6) is 0 Å². The molecule has 0 heterocycles. The van der Waals surface area contributed by atoms with E-state index in [9.17, 15) is 14.7 Å². The SMILES string of the molecule is C[C@@H]1CC[C@@]23CCC(=O)[C@H]2[C@]1(C)CC[C@@](C)(C=O)[C@@H](O)[C@@H]3C. The van der Waals surface area contributed by atoms with Crippen LogP contribution in [0.1, 0.15) is 66.2 Å². The van der Waals surface area contributed by atoms with Gasteiger partial charge >= 0.3 is 0 Å². The molecule has 22 heavy (non-hydrogen) atoms. The number of hydrogen-bond acceptors (Lipinski definition) is 3. The van der Waals surface area contributed by atoms with Gasteiger partial charge in [-0.3, -0.25) is 4.79 Å². The molecule has 3 aliphatic carbocycles. The fourth-order valence-electron chi connectivity index (χ4n) is 6.17. The van der Waals surface area contributed by atoms with Crippen LogP contribution in [0.15, 0.2) is 0 Å². The standard InChI is InChI=1S/C19H30O3/c1-12-5-7-19-8-6-14(21)15(19)18(12,4)10-9-17(3,11-20)16(22)13(19)2/h11-13,15-16,22H,5-10H2,1-4H3/t12-,13+,15+,16+,17+,18-,19+/m1/s1. The number of aliphatic hydroxyl groups is 1.